The van der Waals surface area contributed by atoms with E-state index >= 15 is 0 Å². The van der Waals surface area contributed by atoms with Gasteiger partial charge in [0.25, 0.3) is 5.78 Å². The van der Waals surface area contributed by atoms with Crippen LogP contribution in [0.2, 0.25) is 0 Å². The van der Waals surface area contributed by atoms with E-state index in [9.17, 15) is 18.0 Å². The van der Waals surface area contributed by atoms with Gasteiger partial charge in [-0.1, -0.05) is 26.0 Å². The fourth-order valence-corrected chi connectivity index (χ4v) is 4.15. The molecule has 1 aliphatic carbocycles. The van der Waals surface area contributed by atoms with E-state index in [1.807, 2.05) is 6.07 Å². The Hall–Kier alpha value is -1.82. The molecule has 6 heteroatoms. The molecule has 3 nitrogen and oxygen atoms in total. The van der Waals surface area contributed by atoms with Gasteiger partial charge >= 0.3 is 6.18 Å². The van der Waals surface area contributed by atoms with Gasteiger partial charge in [0.1, 0.15) is 0 Å². The van der Waals surface area contributed by atoms with Crippen LogP contribution in [0.25, 0.3) is 10.9 Å². The number of fused-ring (bicyclic) bond motifs is 3. The van der Waals surface area contributed by atoms with Crippen LogP contribution in [0.5, 0.6) is 0 Å². The third-order valence-corrected chi connectivity index (χ3v) is 5.28. The minimum Gasteiger partial charge on any atom is -0.360 e. The first kappa shape index (κ1) is 19.0. The Labute approximate surface area is 151 Å². The summed E-state index contributed by atoms with van der Waals surface area (Å²) in [4.78, 5) is 17.1. The second kappa shape index (κ2) is 7.43. The number of alkyl halides is 3. The van der Waals surface area contributed by atoms with Crippen molar-refractivity contribution in [3.05, 3.63) is 35.0 Å². The molecule has 3 rings (SSSR count). The van der Waals surface area contributed by atoms with Crippen molar-refractivity contribution in [2.75, 3.05) is 13.1 Å². The second-order valence-electron chi connectivity index (χ2n) is 7.09. The van der Waals surface area contributed by atoms with Gasteiger partial charge in [0, 0.05) is 23.1 Å². The lowest BCUT2D eigenvalue weighted by Crippen LogP contribution is -2.40. The van der Waals surface area contributed by atoms with E-state index in [0.717, 1.165) is 50.8 Å². The number of Topliss-reactive ketones (excluding diaryl/α,β-unsaturated/α-hetero) is 1. The van der Waals surface area contributed by atoms with Crippen molar-refractivity contribution in [1.82, 2.24) is 9.88 Å². The number of benzene rings is 1. The van der Waals surface area contributed by atoms with Crippen LogP contribution in [-0.4, -0.2) is 41.0 Å². The SMILES string of the molecule is CCCN(CCC)C1CCc2c(ccc3c(C(=O)C(F)(F)F)c[nH]c23)C1. The summed E-state index contributed by atoms with van der Waals surface area (Å²) < 4.78 is 38.4. The molecule has 0 bridgehead atoms. The maximum atomic E-state index is 12.8. The molecule has 1 aromatic heterocycles. The second-order valence-corrected chi connectivity index (χ2v) is 7.09. The predicted octanol–water partition coefficient (Wildman–Crippen LogP) is 4.89. The molecular weight excluding hydrogens is 341 g/mol. The number of H-pyrrole nitrogens is 1. The fourth-order valence-electron chi connectivity index (χ4n) is 4.15. The molecule has 0 aliphatic heterocycles. The molecule has 0 saturated heterocycles. The van der Waals surface area contributed by atoms with E-state index in [1.54, 1.807) is 6.07 Å². The zero-order valence-electron chi connectivity index (χ0n) is 15.2. The Kier molecular flexibility index (Phi) is 5.42. The third-order valence-electron chi connectivity index (χ3n) is 5.28. The van der Waals surface area contributed by atoms with Crippen LogP contribution in [0, 0.1) is 0 Å². The van der Waals surface area contributed by atoms with E-state index in [4.69, 9.17) is 0 Å². The van der Waals surface area contributed by atoms with Gasteiger partial charge in [0.2, 0.25) is 0 Å². The molecule has 2 aromatic rings. The quantitative estimate of drug-likeness (QED) is 0.739. The highest BCUT2D eigenvalue weighted by molar-refractivity contribution is 6.11. The van der Waals surface area contributed by atoms with Crippen LogP contribution in [-0.2, 0) is 12.8 Å². The normalized spacial score (nSPS) is 17.7. The van der Waals surface area contributed by atoms with Gasteiger partial charge in [-0.3, -0.25) is 4.79 Å². The van der Waals surface area contributed by atoms with E-state index in [2.05, 4.69) is 23.7 Å². The van der Waals surface area contributed by atoms with Gasteiger partial charge in [-0.05, 0) is 56.3 Å². The number of halogens is 3. The van der Waals surface area contributed by atoms with Crippen molar-refractivity contribution >= 4 is 16.7 Å². The standard InChI is InChI=1S/C20H25F3N2O/c1-3-9-25(10-4-2)14-6-8-15-13(11-14)5-7-16-17(12-24-18(15)16)19(26)20(21,22)23/h5,7,12,14,24H,3-4,6,8-11H2,1-2H3. The number of carbonyl (C=O) groups excluding carboxylic acids is 1. The molecule has 142 valence electrons. The van der Waals surface area contributed by atoms with Crippen molar-refractivity contribution in [3.8, 4) is 0 Å². The Morgan fingerprint density at radius 1 is 1.23 bits per heavy atom. The number of hydrogen-bond donors (Lipinski definition) is 1. The van der Waals surface area contributed by atoms with Crippen molar-refractivity contribution in [2.45, 2.75) is 58.2 Å². The molecule has 0 fully saturated rings. The summed E-state index contributed by atoms with van der Waals surface area (Å²) in [7, 11) is 0. The van der Waals surface area contributed by atoms with E-state index in [-0.39, 0.29) is 5.56 Å². The smallest absolute Gasteiger partial charge is 0.360 e. The molecule has 26 heavy (non-hydrogen) atoms. The fraction of sp³-hybridized carbons (Fsp3) is 0.550. The van der Waals surface area contributed by atoms with Crippen LogP contribution in [0.1, 0.15) is 54.6 Å². The summed E-state index contributed by atoms with van der Waals surface area (Å²) in [5.74, 6) is -1.78. The zero-order chi connectivity index (χ0) is 18.9. The van der Waals surface area contributed by atoms with Crippen molar-refractivity contribution in [3.63, 3.8) is 0 Å². The van der Waals surface area contributed by atoms with Gasteiger partial charge in [-0.15, -0.1) is 0 Å². The molecule has 1 heterocycles. The van der Waals surface area contributed by atoms with Gasteiger partial charge in [0.05, 0.1) is 5.56 Å². The first-order valence-electron chi connectivity index (χ1n) is 9.34. The topological polar surface area (TPSA) is 36.1 Å². The number of nitrogens with zero attached hydrogens (tertiary/aromatic N) is 1. The number of ketones is 1. The predicted molar refractivity (Wildman–Crippen MR) is 96.7 cm³/mol. The van der Waals surface area contributed by atoms with Gasteiger partial charge in [-0.25, -0.2) is 0 Å². The highest BCUT2D eigenvalue weighted by Crippen LogP contribution is 2.34. The minimum absolute atomic E-state index is 0.281. The highest BCUT2D eigenvalue weighted by atomic mass is 19.4. The van der Waals surface area contributed by atoms with Crippen LogP contribution in [0.4, 0.5) is 13.2 Å². The van der Waals surface area contributed by atoms with Crippen LogP contribution >= 0.6 is 0 Å². The number of aromatic amines is 1. The number of aryl methyl sites for hydroxylation is 1. The molecule has 0 saturated carbocycles. The molecule has 1 N–H and O–H groups in total. The largest absolute Gasteiger partial charge is 0.454 e. The molecule has 1 aromatic carbocycles. The molecule has 0 spiro atoms. The van der Waals surface area contributed by atoms with Crippen molar-refractivity contribution in [1.29, 1.82) is 0 Å². The summed E-state index contributed by atoms with van der Waals surface area (Å²) in [5.41, 5.74) is 2.65. The average molecular weight is 366 g/mol. The average Bonchev–Trinajstić information content (AvgIpc) is 3.03. The molecule has 1 aliphatic rings. The van der Waals surface area contributed by atoms with Crippen molar-refractivity contribution < 1.29 is 18.0 Å². The summed E-state index contributed by atoms with van der Waals surface area (Å²) in [6, 6.07) is 4.04. The first-order valence-corrected chi connectivity index (χ1v) is 9.34. The highest BCUT2D eigenvalue weighted by Gasteiger charge is 2.40. The molecule has 0 amide bonds. The zero-order valence-corrected chi connectivity index (χ0v) is 15.2. The number of aromatic nitrogens is 1. The maximum absolute atomic E-state index is 12.8. The lowest BCUT2D eigenvalue weighted by Gasteiger charge is -2.35. The molecule has 1 atom stereocenters. The summed E-state index contributed by atoms with van der Waals surface area (Å²) in [6.07, 6.45) is 1.30. The Morgan fingerprint density at radius 2 is 1.92 bits per heavy atom. The lowest BCUT2D eigenvalue weighted by atomic mass is 9.85. The van der Waals surface area contributed by atoms with E-state index in [1.165, 1.54) is 11.8 Å². The number of hydrogen-bond acceptors (Lipinski definition) is 2. The number of rotatable bonds is 6. The van der Waals surface area contributed by atoms with Gasteiger partial charge in [0.15, 0.2) is 0 Å². The summed E-state index contributed by atoms with van der Waals surface area (Å²) in [6.45, 7) is 6.51. The molecule has 0 radical (unpaired) electrons. The van der Waals surface area contributed by atoms with Crippen LogP contribution < -0.4 is 0 Å². The number of nitrogens with one attached hydrogen (secondary N) is 1. The van der Waals surface area contributed by atoms with Crippen molar-refractivity contribution in [2.24, 2.45) is 0 Å². The van der Waals surface area contributed by atoms with Gasteiger partial charge in [-0.2, -0.15) is 13.2 Å². The first-order chi connectivity index (χ1) is 12.4. The monoisotopic (exact) mass is 366 g/mol. The molecule has 1 unspecified atom stereocenters. The summed E-state index contributed by atoms with van der Waals surface area (Å²) >= 11 is 0. The Bertz CT molecular complexity index is 788. The number of carbonyl (C=O) groups is 1. The maximum Gasteiger partial charge on any atom is 0.454 e. The third kappa shape index (κ3) is 3.52. The Balaban J connectivity index is 1.91. The molecular formula is C20H25F3N2O. The van der Waals surface area contributed by atoms with Crippen LogP contribution in [0.15, 0.2) is 18.3 Å². The minimum atomic E-state index is -4.85. The summed E-state index contributed by atoms with van der Waals surface area (Å²) in [5, 5.41) is 0.378. The lowest BCUT2D eigenvalue weighted by molar-refractivity contribution is -0.0884. The van der Waals surface area contributed by atoms with Crippen LogP contribution in [0.3, 0.4) is 0 Å². The van der Waals surface area contributed by atoms with E-state index < -0.39 is 12.0 Å². The van der Waals surface area contributed by atoms with Gasteiger partial charge < -0.3 is 9.88 Å². The Morgan fingerprint density at radius 3 is 2.54 bits per heavy atom. The van der Waals surface area contributed by atoms with E-state index in [0.29, 0.717) is 16.9 Å².